The van der Waals surface area contributed by atoms with Crippen LogP contribution in [-0.2, 0) is 0 Å². The van der Waals surface area contributed by atoms with Gasteiger partial charge in [0.2, 0.25) is 5.88 Å². The molecule has 0 saturated carbocycles. The van der Waals surface area contributed by atoms with Crippen LogP contribution in [0.3, 0.4) is 0 Å². The Morgan fingerprint density at radius 2 is 1.90 bits per heavy atom. The molecule has 104 valence electrons. The first-order valence-corrected chi connectivity index (χ1v) is 6.89. The van der Waals surface area contributed by atoms with Crippen LogP contribution in [0.4, 0.5) is 0 Å². The number of pyridine rings is 1. The highest BCUT2D eigenvalue weighted by Crippen LogP contribution is 2.28. The minimum Gasteiger partial charge on any atom is -0.438 e. The van der Waals surface area contributed by atoms with Gasteiger partial charge < -0.3 is 10.5 Å². The van der Waals surface area contributed by atoms with Crippen LogP contribution in [0.1, 0.15) is 22.4 Å². The predicted octanol–water partition coefficient (Wildman–Crippen LogP) is 4.09. The molecule has 5 heteroatoms. The number of aryl methyl sites for hydroxylation is 3. The third kappa shape index (κ3) is 3.08. The Morgan fingerprint density at radius 1 is 1.20 bits per heavy atom. The molecule has 1 aromatic carbocycles. The largest absolute Gasteiger partial charge is 0.438 e. The van der Waals surface area contributed by atoms with E-state index in [1.54, 1.807) is 12.1 Å². The lowest BCUT2D eigenvalue weighted by atomic mass is 10.1. The number of nitrogens with zero attached hydrogens (tertiary/aromatic N) is 1. The maximum atomic E-state index is 6.00. The maximum absolute atomic E-state index is 6.00. The fourth-order valence-corrected chi connectivity index (χ4v) is 2.33. The number of thiocarbonyl (C=S) groups is 1. The summed E-state index contributed by atoms with van der Waals surface area (Å²) in [6, 6.07) is 7.35. The number of aromatic nitrogens is 1. The van der Waals surface area contributed by atoms with Crippen molar-refractivity contribution in [1.29, 1.82) is 0 Å². The normalized spacial score (nSPS) is 10.4. The molecule has 0 fully saturated rings. The van der Waals surface area contributed by atoms with Crippen molar-refractivity contribution in [3.8, 4) is 11.6 Å². The van der Waals surface area contributed by atoms with Gasteiger partial charge in [-0.05, 0) is 56.2 Å². The maximum Gasteiger partial charge on any atom is 0.229 e. The second-order valence-electron chi connectivity index (χ2n) is 4.64. The van der Waals surface area contributed by atoms with Crippen LogP contribution in [0.25, 0.3) is 0 Å². The summed E-state index contributed by atoms with van der Waals surface area (Å²) >= 11 is 11.1. The van der Waals surface area contributed by atoms with Gasteiger partial charge in [0.25, 0.3) is 0 Å². The first-order valence-electron chi connectivity index (χ1n) is 6.10. The van der Waals surface area contributed by atoms with Crippen LogP contribution in [-0.4, -0.2) is 9.97 Å². The van der Waals surface area contributed by atoms with Gasteiger partial charge in [0.05, 0.1) is 5.56 Å². The van der Waals surface area contributed by atoms with E-state index in [1.165, 1.54) is 0 Å². The van der Waals surface area contributed by atoms with Crippen molar-refractivity contribution < 1.29 is 4.74 Å². The van der Waals surface area contributed by atoms with Gasteiger partial charge in [-0.25, -0.2) is 4.98 Å². The summed E-state index contributed by atoms with van der Waals surface area (Å²) in [6.45, 7) is 5.75. The van der Waals surface area contributed by atoms with Gasteiger partial charge in [0.1, 0.15) is 10.7 Å². The molecular weight excluding hydrogens is 292 g/mol. The Labute approximate surface area is 128 Å². The van der Waals surface area contributed by atoms with Crippen LogP contribution < -0.4 is 10.5 Å². The molecule has 20 heavy (non-hydrogen) atoms. The molecule has 1 aromatic heterocycles. The van der Waals surface area contributed by atoms with Gasteiger partial charge in [-0.2, -0.15) is 0 Å². The van der Waals surface area contributed by atoms with E-state index in [4.69, 9.17) is 34.3 Å². The molecule has 0 radical (unpaired) electrons. The van der Waals surface area contributed by atoms with Gasteiger partial charge in [0, 0.05) is 10.7 Å². The summed E-state index contributed by atoms with van der Waals surface area (Å²) in [5.74, 6) is 1.08. The lowest BCUT2D eigenvalue weighted by molar-refractivity contribution is 0.460. The van der Waals surface area contributed by atoms with Crippen molar-refractivity contribution in [1.82, 2.24) is 4.98 Å². The van der Waals surface area contributed by atoms with Crippen LogP contribution in [0.5, 0.6) is 11.6 Å². The molecule has 0 bridgehead atoms. The van der Waals surface area contributed by atoms with Crippen LogP contribution in [0, 0.1) is 20.8 Å². The Kier molecular flexibility index (Phi) is 4.26. The standard InChI is InChI=1S/C15H15ClN2OS/c1-8-7-11(4-5-12(8)16)19-15-13(14(17)20)9(2)6-10(3)18-15/h4-7H,1-3H3,(H2,17,20). The minimum atomic E-state index is 0.274. The smallest absolute Gasteiger partial charge is 0.229 e. The molecule has 2 rings (SSSR count). The zero-order valence-corrected chi connectivity index (χ0v) is 13.1. The molecule has 0 amide bonds. The number of halogens is 1. The highest BCUT2D eigenvalue weighted by atomic mass is 35.5. The zero-order chi connectivity index (χ0) is 14.9. The highest BCUT2D eigenvalue weighted by molar-refractivity contribution is 7.80. The number of rotatable bonds is 3. The lowest BCUT2D eigenvalue weighted by Crippen LogP contribution is -2.14. The van der Waals surface area contributed by atoms with Crippen LogP contribution >= 0.6 is 23.8 Å². The van der Waals surface area contributed by atoms with Gasteiger partial charge in [0.15, 0.2) is 0 Å². The Bertz CT molecular complexity index is 686. The second-order valence-corrected chi connectivity index (χ2v) is 5.49. The van der Waals surface area contributed by atoms with Gasteiger partial charge in [-0.3, -0.25) is 0 Å². The number of hydrogen-bond acceptors (Lipinski definition) is 3. The molecule has 3 nitrogen and oxygen atoms in total. The monoisotopic (exact) mass is 306 g/mol. The Balaban J connectivity index is 2.47. The molecule has 2 N–H and O–H groups in total. The van der Waals surface area contributed by atoms with E-state index in [0.717, 1.165) is 16.8 Å². The first kappa shape index (κ1) is 14.8. The van der Waals surface area contributed by atoms with E-state index in [0.29, 0.717) is 22.2 Å². The Hall–Kier alpha value is -1.65. The van der Waals surface area contributed by atoms with E-state index < -0.39 is 0 Å². The molecule has 0 spiro atoms. The quantitative estimate of drug-likeness (QED) is 0.868. The summed E-state index contributed by atoms with van der Waals surface area (Å²) in [5.41, 5.74) is 9.16. The molecule has 0 aliphatic rings. The van der Waals surface area contributed by atoms with Crippen molar-refractivity contribution in [3.05, 3.63) is 51.7 Å². The Morgan fingerprint density at radius 3 is 2.50 bits per heavy atom. The molecule has 1 heterocycles. The van der Waals surface area contributed by atoms with Crippen molar-refractivity contribution in [2.75, 3.05) is 0 Å². The van der Waals surface area contributed by atoms with Gasteiger partial charge >= 0.3 is 0 Å². The number of ether oxygens (including phenoxy) is 1. The van der Waals surface area contributed by atoms with Crippen LogP contribution in [0.2, 0.25) is 5.02 Å². The average Bonchev–Trinajstić information content (AvgIpc) is 2.32. The van der Waals surface area contributed by atoms with E-state index in [9.17, 15) is 0 Å². The summed E-state index contributed by atoms with van der Waals surface area (Å²) in [4.78, 5) is 4.65. The number of hydrogen-bond donors (Lipinski definition) is 1. The summed E-state index contributed by atoms with van der Waals surface area (Å²) in [5, 5.41) is 0.695. The fourth-order valence-electron chi connectivity index (χ4n) is 1.97. The highest BCUT2D eigenvalue weighted by Gasteiger charge is 2.14. The topological polar surface area (TPSA) is 48.1 Å². The molecular formula is C15H15ClN2OS. The van der Waals surface area contributed by atoms with E-state index in [1.807, 2.05) is 32.9 Å². The SMILES string of the molecule is Cc1cc(C)c(C(N)=S)c(Oc2ccc(Cl)c(C)c2)n1. The van der Waals surface area contributed by atoms with E-state index >= 15 is 0 Å². The molecule has 0 aliphatic carbocycles. The zero-order valence-electron chi connectivity index (χ0n) is 11.5. The molecule has 2 aromatic rings. The predicted molar refractivity (Wildman–Crippen MR) is 85.9 cm³/mol. The first-order chi connectivity index (χ1) is 9.38. The lowest BCUT2D eigenvalue weighted by Gasteiger charge is -2.13. The van der Waals surface area contributed by atoms with Crippen molar-refractivity contribution >= 4 is 28.8 Å². The van der Waals surface area contributed by atoms with E-state index in [2.05, 4.69) is 4.98 Å². The number of nitrogens with two attached hydrogens (primary N) is 1. The average molecular weight is 307 g/mol. The number of benzene rings is 1. The third-order valence-electron chi connectivity index (χ3n) is 2.90. The van der Waals surface area contributed by atoms with Crippen molar-refractivity contribution in [3.63, 3.8) is 0 Å². The van der Waals surface area contributed by atoms with E-state index in [-0.39, 0.29) is 4.99 Å². The van der Waals surface area contributed by atoms with Gasteiger partial charge in [-0.1, -0.05) is 23.8 Å². The second kappa shape index (κ2) is 5.77. The van der Waals surface area contributed by atoms with Crippen LogP contribution in [0.15, 0.2) is 24.3 Å². The van der Waals surface area contributed by atoms with Crippen molar-refractivity contribution in [2.45, 2.75) is 20.8 Å². The molecule has 0 atom stereocenters. The summed E-state index contributed by atoms with van der Waals surface area (Å²) in [7, 11) is 0. The summed E-state index contributed by atoms with van der Waals surface area (Å²) in [6.07, 6.45) is 0. The third-order valence-corrected chi connectivity index (χ3v) is 3.53. The molecule has 0 saturated heterocycles. The fraction of sp³-hybridized carbons (Fsp3) is 0.200. The summed E-state index contributed by atoms with van der Waals surface area (Å²) < 4.78 is 5.83. The minimum absolute atomic E-state index is 0.274. The molecule has 0 aliphatic heterocycles. The van der Waals surface area contributed by atoms with Gasteiger partial charge in [-0.15, -0.1) is 0 Å². The van der Waals surface area contributed by atoms with Crippen molar-refractivity contribution in [2.24, 2.45) is 5.73 Å². The molecule has 0 unspecified atom stereocenters.